The first kappa shape index (κ1) is 23.8. The van der Waals surface area contributed by atoms with Crippen LogP contribution in [0.5, 0.6) is 11.5 Å². The average molecular weight is 603 g/mol. The van der Waals surface area contributed by atoms with E-state index in [1.165, 1.54) is 6.08 Å². The first-order valence-electron chi connectivity index (χ1n) is 9.82. The van der Waals surface area contributed by atoms with Crippen LogP contribution < -0.4 is 14.8 Å². The Kier molecular flexibility index (Phi) is 8.71. The van der Waals surface area contributed by atoms with Crippen LogP contribution in [0.4, 0.5) is 5.69 Å². The molecule has 0 aromatic heterocycles. The zero-order chi connectivity index (χ0) is 22.9. The molecule has 0 radical (unpaired) electrons. The van der Waals surface area contributed by atoms with E-state index in [2.05, 4.69) is 43.8 Å². The number of nitrogens with one attached hydrogen (secondary N) is 1. The summed E-state index contributed by atoms with van der Waals surface area (Å²) in [5.74, 6) is 0.623. The lowest BCUT2D eigenvalue weighted by Gasteiger charge is -2.14. The van der Waals surface area contributed by atoms with Crippen LogP contribution in [-0.2, 0) is 11.4 Å². The van der Waals surface area contributed by atoms with Gasteiger partial charge in [-0.15, -0.1) is 0 Å². The summed E-state index contributed by atoms with van der Waals surface area (Å²) in [6.45, 7) is 2.72. The van der Waals surface area contributed by atoms with E-state index in [1.54, 1.807) is 24.3 Å². The summed E-state index contributed by atoms with van der Waals surface area (Å²) in [4.78, 5) is 12.5. The van der Waals surface area contributed by atoms with Gasteiger partial charge in [0.25, 0.3) is 5.91 Å². The van der Waals surface area contributed by atoms with Gasteiger partial charge >= 0.3 is 0 Å². The normalized spacial score (nSPS) is 10.9. The number of amides is 1. The Labute approximate surface area is 209 Å². The second kappa shape index (κ2) is 11.7. The van der Waals surface area contributed by atoms with Crippen molar-refractivity contribution in [3.63, 3.8) is 0 Å². The minimum absolute atomic E-state index is 0.0236. The molecule has 0 saturated carbocycles. The number of nitrogens with zero attached hydrogens (tertiary/aromatic N) is 1. The Hall–Kier alpha value is -2.83. The van der Waals surface area contributed by atoms with Gasteiger partial charge in [-0.1, -0.05) is 46.3 Å². The van der Waals surface area contributed by atoms with Crippen molar-refractivity contribution < 1.29 is 14.3 Å². The van der Waals surface area contributed by atoms with Crippen molar-refractivity contribution in [2.24, 2.45) is 0 Å². The third kappa shape index (κ3) is 6.58. The largest absolute Gasteiger partial charge is 0.490 e. The van der Waals surface area contributed by atoms with Crippen molar-refractivity contribution in [3.8, 4) is 17.6 Å². The number of carbonyl (C=O) groups is 1. The molecule has 0 aliphatic rings. The molecule has 3 aromatic rings. The molecule has 0 saturated heterocycles. The van der Waals surface area contributed by atoms with Crippen molar-refractivity contribution in [2.45, 2.75) is 13.5 Å². The van der Waals surface area contributed by atoms with Gasteiger partial charge in [0.1, 0.15) is 18.2 Å². The van der Waals surface area contributed by atoms with Crippen molar-refractivity contribution in [1.82, 2.24) is 0 Å². The lowest BCUT2D eigenvalue weighted by molar-refractivity contribution is -0.112. The van der Waals surface area contributed by atoms with Crippen LogP contribution >= 0.6 is 38.5 Å². The molecule has 0 atom stereocenters. The van der Waals surface area contributed by atoms with Gasteiger partial charge in [-0.05, 0) is 83.1 Å². The number of anilines is 1. The number of benzene rings is 3. The Morgan fingerprint density at radius 3 is 2.44 bits per heavy atom. The lowest BCUT2D eigenvalue weighted by atomic mass is 10.1. The fraction of sp³-hybridized carbons (Fsp3) is 0.120. The summed E-state index contributed by atoms with van der Waals surface area (Å²) < 4.78 is 13.6. The van der Waals surface area contributed by atoms with E-state index >= 15 is 0 Å². The molecule has 3 rings (SSSR count). The first-order chi connectivity index (χ1) is 15.5. The average Bonchev–Trinajstić information content (AvgIpc) is 2.80. The summed E-state index contributed by atoms with van der Waals surface area (Å²) in [7, 11) is 0. The molecule has 1 amide bonds. The number of hydrogen-bond donors (Lipinski definition) is 1. The molecule has 0 unspecified atom stereocenters. The predicted molar refractivity (Wildman–Crippen MR) is 137 cm³/mol. The molecule has 0 bridgehead atoms. The summed E-state index contributed by atoms with van der Waals surface area (Å²) in [6, 6.07) is 22.6. The number of halogens is 2. The van der Waals surface area contributed by atoms with E-state index < -0.39 is 5.91 Å². The predicted octanol–water partition coefficient (Wildman–Crippen LogP) is 6.58. The van der Waals surface area contributed by atoms with E-state index in [0.717, 1.165) is 9.13 Å². The number of nitriles is 1. The minimum Gasteiger partial charge on any atom is -0.490 e. The smallest absolute Gasteiger partial charge is 0.266 e. The van der Waals surface area contributed by atoms with Crippen molar-refractivity contribution in [1.29, 1.82) is 5.26 Å². The van der Waals surface area contributed by atoms with Gasteiger partial charge in [0, 0.05) is 13.7 Å². The zero-order valence-electron chi connectivity index (χ0n) is 17.3. The number of para-hydroxylation sites is 1. The molecule has 5 nitrogen and oxygen atoms in total. The Morgan fingerprint density at radius 2 is 1.78 bits per heavy atom. The maximum atomic E-state index is 12.5. The van der Waals surface area contributed by atoms with Gasteiger partial charge in [0.15, 0.2) is 11.5 Å². The van der Waals surface area contributed by atoms with E-state index in [4.69, 9.17) is 9.47 Å². The lowest BCUT2D eigenvalue weighted by Crippen LogP contribution is -2.13. The van der Waals surface area contributed by atoms with Gasteiger partial charge in [-0.3, -0.25) is 4.79 Å². The first-order valence-corrected chi connectivity index (χ1v) is 11.7. The van der Waals surface area contributed by atoms with Crippen LogP contribution in [0.25, 0.3) is 6.08 Å². The van der Waals surface area contributed by atoms with Gasteiger partial charge in [0.2, 0.25) is 0 Å². The highest BCUT2D eigenvalue weighted by Gasteiger charge is 2.14. The number of hydrogen-bond acceptors (Lipinski definition) is 4. The van der Waals surface area contributed by atoms with Crippen LogP contribution in [0.1, 0.15) is 18.1 Å². The molecule has 7 heteroatoms. The molecule has 1 N–H and O–H groups in total. The molecule has 0 aliphatic heterocycles. The molecule has 32 heavy (non-hydrogen) atoms. The molecule has 0 heterocycles. The molecular weight excluding hydrogens is 583 g/mol. The minimum atomic E-state index is -0.484. The highest BCUT2D eigenvalue weighted by Crippen LogP contribution is 2.35. The highest BCUT2D eigenvalue weighted by atomic mass is 127. The van der Waals surface area contributed by atoms with Gasteiger partial charge < -0.3 is 14.8 Å². The summed E-state index contributed by atoms with van der Waals surface area (Å²) in [5, 5.41) is 12.3. The fourth-order valence-corrected chi connectivity index (χ4v) is 3.60. The third-order valence-electron chi connectivity index (χ3n) is 4.37. The molecule has 0 fully saturated rings. The van der Waals surface area contributed by atoms with Crippen molar-refractivity contribution >= 4 is 56.2 Å². The molecule has 0 aliphatic carbocycles. The molecule has 0 spiro atoms. The number of ether oxygens (including phenoxy) is 2. The van der Waals surface area contributed by atoms with Crippen molar-refractivity contribution in [3.05, 3.63) is 91.5 Å². The molecule has 162 valence electrons. The Morgan fingerprint density at radius 1 is 1.09 bits per heavy atom. The maximum absolute atomic E-state index is 12.5. The van der Waals surface area contributed by atoms with Gasteiger partial charge in [-0.2, -0.15) is 5.26 Å². The maximum Gasteiger partial charge on any atom is 0.266 e. The Balaban J connectivity index is 1.84. The third-order valence-corrected chi connectivity index (χ3v) is 5.77. The highest BCUT2D eigenvalue weighted by molar-refractivity contribution is 14.1. The molecule has 3 aromatic carbocycles. The molecular formula is C25H20BrIN2O3. The number of carbonyl (C=O) groups excluding carboxylic acids is 1. The van der Waals surface area contributed by atoms with E-state index in [1.807, 2.05) is 55.5 Å². The summed E-state index contributed by atoms with van der Waals surface area (Å²) in [5.41, 5.74) is 2.27. The van der Waals surface area contributed by atoms with Gasteiger partial charge in [0.05, 0.1) is 6.61 Å². The van der Waals surface area contributed by atoms with Crippen LogP contribution in [0.3, 0.4) is 0 Å². The topological polar surface area (TPSA) is 71.3 Å². The monoisotopic (exact) mass is 602 g/mol. The standard InChI is InChI=1S/C25H20BrIN2O3/c1-2-31-23-13-18(12-19(15-28)25(30)29-21-6-4-3-5-7-21)22(26)14-24(23)32-16-17-8-10-20(27)11-9-17/h3-14H,2,16H2,1H3,(H,29,30)/b19-12+. The SMILES string of the molecule is CCOc1cc(/C=C(\C#N)C(=O)Nc2ccccc2)c(Br)cc1OCc1ccc(I)cc1. The van der Waals surface area contributed by atoms with Crippen molar-refractivity contribution in [2.75, 3.05) is 11.9 Å². The zero-order valence-corrected chi connectivity index (χ0v) is 21.0. The van der Waals surface area contributed by atoms with Crippen LogP contribution in [0.15, 0.2) is 76.8 Å². The fourth-order valence-electron chi connectivity index (χ4n) is 2.81. The summed E-state index contributed by atoms with van der Waals surface area (Å²) in [6.07, 6.45) is 1.52. The van der Waals surface area contributed by atoms with Crippen LogP contribution in [0.2, 0.25) is 0 Å². The quantitative estimate of drug-likeness (QED) is 0.180. The van der Waals surface area contributed by atoms with Crippen LogP contribution in [-0.4, -0.2) is 12.5 Å². The number of rotatable bonds is 8. The van der Waals surface area contributed by atoms with E-state index in [-0.39, 0.29) is 5.57 Å². The van der Waals surface area contributed by atoms with Gasteiger partial charge in [-0.25, -0.2) is 0 Å². The Bertz CT molecular complexity index is 1160. The summed E-state index contributed by atoms with van der Waals surface area (Å²) >= 11 is 5.78. The van der Waals surface area contributed by atoms with E-state index in [9.17, 15) is 10.1 Å². The van der Waals surface area contributed by atoms with E-state index in [0.29, 0.717) is 40.4 Å². The second-order valence-corrected chi connectivity index (χ2v) is 8.76. The second-order valence-electron chi connectivity index (χ2n) is 6.66. The van der Waals surface area contributed by atoms with Crippen LogP contribution in [0, 0.1) is 14.9 Å².